The summed E-state index contributed by atoms with van der Waals surface area (Å²) >= 11 is 0. The van der Waals surface area contributed by atoms with Gasteiger partial charge in [0.25, 0.3) is 5.56 Å². The van der Waals surface area contributed by atoms with Gasteiger partial charge in [-0.25, -0.2) is 0 Å². The van der Waals surface area contributed by atoms with Gasteiger partial charge in [-0.2, -0.15) is 0 Å². The van der Waals surface area contributed by atoms with Gasteiger partial charge < -0.3 is 9.88 Å². The number of nitrogens with one attached hydrogen (secondary N) is 1. The SMILES string of the molecule is CCNCc1cc2c(n(CC)c1=O)CCC2. The number of fused-ring (bicyclic) bond motifs is 1. The first-order chi connectivity index (χ1) is 7.77. The Labute approximate surface area is 96.5 Å². The lowest BCUT2D eigenvalue weighted by atomic mass is 10.1. The molecular weight excluding hydrogens is 200 g/mol. The molecule has 0 aliphatic heterocycles. The highest BCUT2D eigenvalue weighted by Gasteiger charge is 2.17. The Kier molecular flexibility index (Phi) is 3.44. The van der Waals surface area contributed by atoms with Gasteiger partial charge in [0.15, 0.2) is 0 Å². The molecule has 0 atom stereocenters. The van der Waals surface area contributed by atoms with E-state index < -0.39 is 0 Å². The third-order valence-electron chi connectivity index (χ3n) is 3.31. The van der Waals surface area contributed by atoms with Crippen molar-refractivity contribution in [2.45, 2.75) is 46.2 Å². The van der Waals surface area contributed by atoms with Crippen LogP contribution in [-0.4, -0.2) is 11.1 Å². The van der Waals surface area contributed by atoms with Crippen molar-refractivity contribution in [2.75, 3.05) is 6.54 Å². The largest absolute Gasteiger partial charge is 0.313 e. The van der Waals surface area contributed by atoms with Crippen LogP contribution in [0.3, 0.4) is 0 Å². The highest BCUT2D eigenvalue weighted by atomic mass is 16.1. The van der Waals surface area contributed by atoms with Crippen molar-refractivity contribution >= 4 is 0 Å². The molecule has 16 heavy (non-hydrogen) atoms. The molecule has 3 nitrogen and oxygen atoms in total. The Morgan fingerprint density at radius 2 is 2.19 bits per heavy atom. The van der Waals surface area contributed by atoms with Crippen LogP contribution in [0.1, 0.15) is 37.1 Å². The van der Waals surface area contributed by atoms with E-state index in [1.54, 1.807) is 0 Å². The minimum absolute atomic E-state index is 0.198. The monoisotopic (exact) mass is 220 g/mol. The molecule has 0 saturated carbocycles. The molecule has 0 aromatic carbocycles. The number of nitrogens with zero attached hydrogens (tertiary/aromatic N) is 1. The molecule has 1 aliphatic rings. The number of aromatic nitrogens is 1. The first kappa shape index (κ1) is 11.4. The van der Waals surface area contributed by atoms with E-state index in [0.717, 1.165) is 31.5 Å². The molecule has 0 unspecified atom stereocenters. The zero-order valence-electron chi connectivity index (χ0n) is 10.2. The van der Waals surface area contributed by atoms with Crippen LogP contribution in [0.25, 0.3) is 0 Å². The van der Waals surface area contributed by atoms with E-state index in [-0.39, 0.29) is 5.56 Å². The van der Waals surface area contributed by atoms with Crippen LogP contribution in [0, 0.1) is 0 Å². The van der Waals surface area contributed by atoms with Crippen molar-refractivity contribution in [2.24, 2.45) is 0 Å². The van der Waals surface area contributed by atoms with E-state index in [1.807, 2.05) is 4.57 Å². The molecule has 0 fully saturated rings. The smallest absolute Gasteiger partial charge is 0.255 e. The van der Waals surface area contributed by atoms with E-state index in [4.69, 9.17) is 0 Å². The highest BCUT2D eigenvalue weighted by Crippen LogP contribution is 2.21. The molecule has 0 bridgehead atoms. The number of hydrogen-bond donors (Lipinski definition) is 1. The van der Waals surface area contributed by atoms with Crippen molar-refractivity contribution in [3.8, 4) is 0 Å². The normalized spacial score (nSPS) is 14.1. The van der Waals surface area contributed by atoms with Crippen molar-refractivity contribution in [1.29, 1.82) is 0 Å². The predicted octanol–water partition coefficient (Wildman–Crippen LogP) is 1.47. The van der Waals surface area contributed by atoms with Crippen molar-refractivity contribution in [1.82, 2.24) is 9.88 Å². The van der Waals surface area contributed by atoms with Gasteiger partial charge in [0.2, 0.25) is 0 Å². The molecule has 0 spiro atoms. The van der Waals surface area contributed by atoms with Crippen molar-refractivity contribution in [3.05, 3.63) is 33.2 Å². The molecule has 3 heteroatoms. The molecule has 1 aromatic rings. The quantitative estimate of drug-likeness (QED) is 0.833. The van der Waals surface area contributed by atoms with Crippen molar-refractivity contribution in [3.63, 3.8) is 0 Å². The summed E-state index contributed by atoms with van der Waals surface area (Å²) in [5.74, 6) is 0. The average Bonchev–Trinajstić information content (AvgIpc) is 2.74. The maximum absolute atomic E-state index is 12.2. The zero-order chi connectivity index (χ0) is 11.5. The minimum atomic E-state index is 0.198. The molecule has 0 radical (unpaired) electrons. The lowest BCUT2D eigenvalue weighted by Crippen LogP contribution is -2.29. The van der Waals surface area contributed by atoms with Crippen LogP contribution in [0.4, 0.5) is 0 Å². The third-order valence-corrected chi connectivity index (χ3v) is 3.31. The Balaban J connectivity index is 2.44. The summed E-state index contributed by atoms with van der Waals surface area (Å²) in [5, 5.41) is 3.23. The van der Waals surface area contributed by atoms with E-state index in [2.05, 4.69) is 25.2 Å². The molecule has 0 amide bonds. The summed E-state index contributed by atoms with van der Waals surface area (Å²) in [5.41, 5.74) is 3.77. The van der Waals surface area contributed by atoms with E-state index in [9.17, 15) is 4.79 Å². The summed E-state index contributed by atoms with van der Waals surface area (Å²) in [6.07, 6.45) is 3.40. The van der Waals surface area contributed by atoms with Crippen LogP contribution < -0.4 is 10.9 Å². The Bertz CT molecular complexity index is 434. The molecule has 88 valence electrons. The van der Waals surface area contributed by atoms with E-state index in [1.165, 1.54) is 17.7 Å². The van der Waals surface area contributed by atoms with Gasteiger partial charge in [-0.3, -0.25) is 4.79 Å². The third kappa shape index (κ3) is 1.92. The fraction of sp³-hybridized carbons (Fsp3) is 0.615. The summed E-state index contributed by atoms with van der Waals surface area (Å²) in [6, 6.07) is 2.11. The topological polar surface area (TPSA) is 34.0 Å². The fourth-order valence-corrected chi connectivity index (χ4v) is 2.50. The number of hydrogen-bond acceptors (Lipinski definition) is 2. The summed E-state index contributed by atoms with van der Waals surface area (Å²) < 4.78 is 1.95. The summed E-state index contributed by atoms with van der Waals surface area (Å²) in [6.45, 7) is 6.51. The Hall–Kier alpha value is -1.09. The van der Waals surface area contributed by atoms with Gasteiger partial charge in [0.05, 0.1) is 0 Å². The van der Waals surface area contributed by atoms with Gasteiger partial charge in [-0.05, 0) is 44.4 Å². The Morgan fingerprint density at radius 3 is 2.88 bits per heavy atom. The van der Waals surface area contributed by atoms with Gasteiger partial charge in [-0.1, -0.05) is 6.92 Å². The van der Waals surface area contributed by atoms with E-state index >= 15 is 0 Å². The second-order valence-electron chi connectivity index (χ2n) is 4.32. The highest BCUT2D eigenvalue weighted by molar-refractivity contribution is 5.30. The Morgan fingerprint density at radius 1 is 1.38 bits per heavy atom. The molecule has 1 heterocycles. The van der Waals surface area contributed by atoms with Gasteiger partial charge in [0, 0.05) is 24.3 Å². The van der Waals surface area contributed by atoms with Crippen LogP contribution >= 0.6 is 0 Å². The minimum Gasteiger partial charge on any atom is -0.313 e. The zero-order valence-corrected chi connectivity index (χ0v) is 10.2. The predicted molar refractivity (Wildman–Crippen MR) is 65.8 cm³/mol. The number of pyridine rings is 1. The van der Waals surface area contributed by atoms with Gasteiger partial charge in [-0.15, -0.1) is 0 Å². The lowest BCUT2D eigenvalue weighted by molar-refractivity contribution is 0.652. The van der Waals surface area contributed by atoms with Crippen LogP contribution in [0.15, 0.2) is 10.9 Å². The van der Waals surface area contributed by atoms with Crippen LogP contribution in [-0.2, 0) is 25.9 Å². The van der Waals surface area contributed by atoms with Crippen LogP contribution in [0.5, 0.6) is 0 Å². The summed E-state index contributed by atoms with van der Waals surface area (Å²) in [4.78, 5) is 12.2. The number of aryl methyl sites for hydroxylation is 1. The molecule has 1 aromatic heterocycles. The standard InChI is InChI=1S/C13H20N2O/c1-3-14-9-11-8-10-6-5-7-12(10)15(4-2)13(11)16/h8,14H,3-7,9H2,1-2H3. The summed E-state index contributed by atoms with van der Waals surface area (Å²) in [7, 11) is 0. The molecular formula is C13H20N2O. The second-order valence-corrected chi connectivity index (χ2v) is 4.32. The van der Waals surface area contributed by atoms with E-state index in [0.29, 0.717) is 6.54 Å². The lowest BCUT2D eigenvalue weighted by Gasteiger charge is -2.12. The number of rotatable bonds is 4. The first-order valence-corrected chi connectivity index (χ1v) is 6.23. The first-order valence-electron chi connectivity index (χ1n) is 6.23. The molecule has 1 aliphatic carbocycles. The van der Waals surface area contributed by atoms with Crippen molar-refractivity contribution < 1.29 is 0 Å². The van der Waals surface area contributed by atoms with Crippen LogP contribution in [0.2, 0.25) is 0 Å². The molecule has 1 N–H and O–H groups in total. The maximum Gasteiger partial charge on any atom is 0.255 e. The maximum atomic E-state index is 12.2. The van der Waals surface area contributed by atoms with Gasteiger partial charge in [0.1, 0.15) is 0 Å². The molecule has 2 rings (SSSR count). The fourth-order valence-electron chi connectivity index (χ4n) is 2.50. The van der Waals surface area contributed by atoms with Gasteiger partial charge >= 0.3 is 0 Å². The second kappa shape index (κ2) is 4.83. The molecule has 0 saturated heterocycles. The average molecular weight is 220 g/mol.